The van der Waals surface area contributed by atoms with Gasteiger partial charge in [0, 0.05) is 67.8 Å². The van der Waals surface area contributed by atoms with Gasteiger partial charge in [0.1, 0.15) is 6.04 Å². The van der Waals surface area contributed by atoms with Crippen molar-refractivity contribution in [2.45, 2.75) is 12.5 Å². The van der Waals surface area contributed by atoms with Gasteiger partial charge in [-0.3, -0.25) is 14.6 Å². The Morgan fingerprint density at radius 2 is 1.69 bits per heavy atom. The van der Waals surface area contributed by atoms with E-state index in [-0.39, 0.29) is 11.8 Å². The number of carbonyl (C=O) groups excluding carboxylic acids is 2. The van der Waals surface area contributed by atoms with Gasteiger partial charge in [0.2, 0.25) is 5.91 Å². The molecule has 0 saturated carbocycles. The summed E-state index contributed by atoms with van der Waals surface area (Å²) in [7, 11) is 0. The third kappa shape index (κ3) is 5.00. The van der Waals surface area contributed by atoms with Crippen LogP contribution in [-0.4, -0.2) is 58.9 Å². The largest absolute Gasteiger partial charge is 0.368 e. The van der Waals surface area contributed by atoms with Crippen molar-refractivity contribution in [2.24, 2.45) is 0 Å². The summed E-state index contributed by atoms with van der Waals surface area (Å²) in [5.41, 5.74) is 3.42. The lowest BCUT2D eigenvalue weighted by atomic mass is 10.0. The van der Waals surface area contributed by atoms with Gasteiger partial charge in [-0.2, -0.15) is 0 Å². The molecule has 1 atom stereocenters. The first-order chi connectivity index (χ1) is 17.1. The molecule has 7 nitrogen and oxygen atoms in total. The predicted molar refractivity (Wildman–Crippen MR) is 138 cm³/mol. The SMILES string of the molecule is O=C(N[C@H](Cc1c[nH]c2ccccc12)C(=O)N1CCN(c2ccncc2)CC1)c1ccccc1Cl. The third-order valence-corrected chi connectivity index (χ3v) is 6.77. The zero-order valence-electron chi connectivity index (χ0n) is 19.2. The molecule has 1 saturated heterocycles. The average molecular weight is 488 g/mol. The Labute approximate surface area is 208 Å². The van der Waals surface area contributed by atoms with Gasteiger partial charge in [0.15, 0.2) is 0 Å². The van der Waals surface area contributed by atoms with Crippen LogP contribution >= 0.6 is 11.6 Å². The van der Waals surface area contributed by atoms with Gasteiger partial charge in [0.05, 0.1) is 10.6 Å². The van der Waals surface area contributed by atoms with Crippen LogP contribution in [0.4, 0.5) is 5.69 Å². The Morgan fingerprint density at radius 1 is 0.971 bits per heavy atom. The maximum Gasteiger partial charge on any atom is 0.253 e. The highest BCUT2D eigenvalue weighted by atomic mass is 35.5. The molecule has 178 valence electrons. The second-order valence-corrected chi connectivity index (χ2v) is 8.99. The van der Waals surface area contributed by atoms with Gasteiger partial charge in [0.25, 0.3) is 5.91 Å². The number of hydrogen-bond acceptors (Lipinski definition) is 4. The molecule has 2 aromatic heterocycles. The summed E-state index contributed by atoms with van der Waals surface area (Å²) >= 11 is 6.25. The van der Waals surface area contributed by atoms with Crippen molar-refractivity contribution in [3.05, 3.63) is 95.4 Å². The predicted octanol–water partition coefficient (Wildman–Crippen LogP) is 3.91. The number of aromatic nitrogens is 2. The quantitative estimate of drug-likeness (QED) is 0.432. The van der Waals surface area contributed by atoms with Crippen molar-refractivity contribution in [1.82, 2.24) is 20.2 Å². The molecule has 2 N–H and O–H groups in total. The summed E-state index contributed by atoms with van der Waals surface area (Å²) in [6.45, 7) is 2.59. The fourth-order valence-corrected chi connectivity index (χ4v) is 4.78. The number of halogens is 1. The Bertz CT molecular complexity index is 1330. The Kier molecular flexibility index (Phi) is 6.68. The maximum atomic E-state index is 13.7. The van der Waals surface area contributed by atoms with E-state index in [1.54, 1.807) is 36.7 Å². The van der Waals surface area contributed by atoms with Gasteiger partial charge >= 0.3 is 0 Å². The second kappa shape index (κ2) is 10.2. The third-order valence-electron chi connectivity index (χ3n) is 6.44. The lowest BCUT2D eigenvalue weighted by Crippen LogP contribution is -2.55. The number of fused-ring (bicyclic) bond motifs is 1. The molecule has 3 heterocycles. The first-order valence-corrected chi connectivity index (χ1v) is 12.0. The number of H-pyrrole nitrogens is 1. The minimum atomic E-state index is -0.717. The molecule has 1 aliphatic heterocycles. The molecule has 5 rings (SSSR count). The Morgan fingerprint density at radius 3 is 2.46 bits per heavy atom. The van der Waals surface area contributed by atoms with Crippen molar-refractivity contribution >= 4 is 40.0 Å². The molecule has 0 radical (unpaired) electrons. The standard InChI is InChI=1S/C27H26ClN5O2/c28-23-7-3-1-6-22(23)26(34)31-25(17-19-18-30-24-8-4-2-5-21(19)24)27(35)33-15-13-32(14-16-33)20-9-11-29-12-10-20/h1-12,18,25,30H,13-17H2,(H,31,34)/t25-/m1/s1. The van der Waals surface area contributed by atoms with E-state index in [9.17, 15) is 9.59 Å². The van der Waals surface area contributed by atoms with Crippen LogP contribution in [0, 0.1) is 0 Å². The van der Waals surface area contributed by atoms with Crippen LogP contribution in [0.3, 0.4) is 0 Å². The van der Waals surface area contributed by atoms with Crippen LogP contribution in [0.5, 0.6) is 0 Å². The van der Waals surface area contributed by atoms with Crippen molar-refractivity contribution in [1.29, 1.82) is 0 Å². The van der Waals surface area contributed by atoms with Crippen LogP contribution in [0.2, 0.25) is 5.02 Å². The summed E-state index contributed by atoms with van der Waals surface area (Å²) in [6.07, 6.45) is 5.83. The molecule has 4 aromatic rings. The number of piperazine rings is 1. The monoisotopic (exact) mass is 487 g/mol. The van der Waals surface area contributed by atoms with Gasteiger partial charge in [-0.1, -0.05) is 41.9 Å². The maximum absolute atomic E-state index is 13.7. The number of nitrogens with one attached hydrogen (secondary N) is 2. The van der Waals surface area contributed by atoms with E-state index in [1.807, 2.05) is 47.5 Å². The van der Waals surface area contributed by atoms with Crippen LogP contribution in [0.15, 0.2) is 79.3 Å². The van der Waals surface area contributed by atoms with E-state index >= 15 is 0 Å². The number of aromatic amines is 1. The number of amides is 2. The second-order valence-electron chi connectivity index (χ2n) is 8.59. The molecule has 2 amide bonds. The first-order valence-electron chi connectivity index (χ1n) is 11.6. The number of carbonyl (C=O) groups is 2. The average Bonchev–Trinajstić information content (AvgIpc) is 3.31. The lowest BCUT2D eigenvalue weighted by Gasteiger charge is -2.37. The van der Waals surface area contributed by atoms with Gasteiger partial charge in [-0.25, -0.2) is 0 Å². The van der Waals surface area contributed by atoms with E-state index in [4.69, 9.17) is 11.6 Å². The molecule has 0 spiro atoms. The minimum Gasteiger partial charge on any atom is -0.368 e. The Balaban J connectivity index is 1.35. The zero-order valence-corrected chi connectivity index (χ0v) is 19.9. The summed E-state index contributed by atoms with van der Waals surface area (Å²) in [6, 6.07) is 18.1. The minimum absolute atomic E-state index is 0.0925. The fourth-order valence-electron chi connectivity index (χ4n) is 4.56. The summed E-state index contributed by atoms with van der Waals surface area (Å²) in [4.78, 5) is 38.2. The molecular weight excluding hydrogens is 462 g/mol. The van der Waals surface area contributed by atoms with E-state index < -0.39 is 6.04 Å². The highest BCUT2D eigenvalue weighted by Gasteiger charge is 2.30. The smallest absolute Gasteiger partial charge is 0.253 e. The first kappa shape index (κ1) is 22.9. The highest BCUT2D eigenvalue weighted by molar-refractivity contribution is 6.33. The molecule has 0 bridgehead atoms. The molecular formula is C27H26ClN5O2. The molecule has 1 aliphatic rings. The number of hydrogen-bond donors (Lipinski definition) is 2. The van der Waals surface area contributed by atoms with E-state index in [2.05, 4.69) is 20.2 Å². The van der Waals surface area contributed by atoms with Crippen molar-refractivity contribution in [3.8, 4) is 0 Å². The van der Waals surface area contributed by atoms with Crippen LogP contribution in [0.25, 0.3) is 10.9 Å². The van der Waals surface area contributed by atoms with Crippen LogP contribution < -0.4 is 10.2 Å². The summed E-state index contributed by atoms with van der Waals surface area (Å²) < 4.78 is 0. The molecule has 2 aromatic carbocycles. The fraction of sp³-hybridized carbons (Fsp3) is 0.222. The highest BCUT2D eigenvalue weighted by Crippen LogP contribution is 2.22. The van der Waals surface area contributed by atoms with Gasteiger partial charge in [-0.15, -0.1) is 0 Å². The summed E-state index contributed by atoms with van der Waals surface area (Å²) in [5, 5.41) is 4.36. The van der Waals surface area contributed by atoms with Crippen molar-refractivity contribution < 1.29 is 9.59 Å². The number of benzene rings is 2. The molecule has 1 fully saturated rings. The van der Waals surface area contributed by atoms with E-state index in [1.165, 1.54) is 0 Å². The molecule has 0 aliphatic carbocycles. The lowest BCUT2D eigenvalue weighted by molar-refractivity contribution is -0.133. The van der Waals surface area contributed by atoms with Crippen molar-refractivity contribution in [2.75, 3.05) is 31.1 Å². The zero-order chi connectivity index (χ0) is 24.2. The molecule has 35 heavy (non-hydrogen) atoms. The van der Waals surface area contributed by atoms with Crippen LogP contribution in [-0.2, 0) is 11.2 Å². The summed E-state index contributed by atoms with van der Waals surface area (Å²) in [5.74, 6) is -0.450. The number of rotatable bonds is 6. The van der Waals surface area contributed by atoms with E-state index in [0.29, 0.717) is 43.2 Å². The topological polar surface area (TPSA) is 81.3 Å². The number of para-hydroxylation sites is 1. The van der Waals surface area contributed by atoms with E-state index in [0.717, 1.165) is 22.2 Å². The van der Waals surface area contributed by atoms with Crippen molar-refractivity contribution in [3.63, 3.8) is 0 Å². The molecule has 8 heteroatoms. The number of nitrogens with zero attached hydrogens (tertiary/aromatic N) is 3. The number of pyridine rings is 1. The van der Waals surface area contributed by atoms with Gasteiger partial charge in [-0.05, 0) is 35.9 Å². The van der Waals surface area contributed by atoms with Crippen LogP contribution in [0.1, 0.15) is 15.9 Å². The number of anilines is 1. The molecule has 0 unspecified atom stereocenters. The normalized spacial score (nSPS) is 14.7. The van der Waals surface area contributed by atoms with Gasteiger partial charge < -0.3 is 20.1 Å². The Hall–Kier alpha value is -3.84.